The Morgan fingerprint density at radius 3 is 2.76 bits per heavy atom. The smallest absolute Gasteiger partial charge is 0.259 e. The van der Waals surface area contributed by atoms with Gasteiger partial charge in [-0.15, -0.1) is 10.2 Å². The number of fused-ring (bicyclic) bond motifs is 1. The Kier molecular flexibility index (Phi) is 5.13. The van der Waals surface area contributed by atoms with Crippen molar-refractivity contribution in [2.45, 2.75) is 13.3 Å². The van der Waals surface area contributed by atoms with Gasteiger partial charge in [0.05, 0.1) is 19.8 Å². The summed E-state index contributed by atoms with van der Waals surface area (Å²) in [6.07, 6.45) is 0.754. The lowest BCUT2D eigenvalue weighted by Crippen LogP contribution is -2.13. The summed E-state index contributed by atoms with van der Waals surface area (Å²) in [5, 5.41) is 16.6. The van der Waals surface area contributed by atoms with Crippen LogP contribution in [-0.4, -0.2) is 39.9 Å². The molecule has 0 aliphatic rings. The number of hydrogen-bond acceptors (Lipinski definition) is 7. The molecule has 0 aliphatic heterocycles. The van der Waals surface area contributed by atoms with Crippen molar-refractivity contribution in [3.63, 3.8) is 0 Å². The SMILES string of the molecule is CCc1nnc2sc(-c3cccc(NC(=O)c4ccc(OC)cc4OC)c3)nn12. The quantitative estimate of drug-likeness (QED) is 0.522. The summed E-state index contributed by atoms with van der Waals surface area (Å²) >= 11 is 1.45. The predicted octanol–water partition coefficient (Wildman–Crippen LogP) is 3.68. The molecule has 0 atom stereocenters. The fourth-order valence-electron chi connectivity index (χ4n) is 2.91. The minimum absolute atomic E-state index is 0.270. The van der Waals surface area contributed by atoms with Gasteiger partial charge in [0.1, 0.15) is 16.5 Å². The molecule has 2 heterocycles. The Balaban J connectivity index is 1.60. The Bertz CT molecular complexity index is 1180. The molecule has 2 aromatic heterocycles. The molecule has 0 saturated heterocycles. The van der Waals surface area contributed by atoms with Crippen molar-refractivity contribution < 1.29 is 14.3 Å². The molecule has 1 N–H and O–H groups in total. The van der Waals surface area contributed by atoms with Crippen molar-refractivity contribution in [2.75, 3.05) is 19.5 Å². The summed E-state index contributed by atoms with van der Waals surface area (Å²) in [6.45, 7) is 2.01. The van der Waals surface area contributed by atoms with Gasteiger partial charge in [0.15, 0.2) is 5.82 Å². The Hall–Kier alpha value is -3.46. The number of rotatable bonds is 6. The van der Waals surface area contributed by atoms with Crippen LogP contribution in [0.1, 0.15) is 23.1 Å². The van der Waals surface area contributed by atoms with Gasteiger partial charge in [-0.2, -0.15) is 9.61 Å². The monoisotopic (exact) mass is 409 g/mol. The maximum atomic E-state index is 12.8. The number of nitrogens with one attached hydrogen (secondary N) is 1. The fraction of sp³-hybridized carbons (Fsp3) is 0.200. The van der Waals surface area contributed by atoms with Gasteiger partial charge in [0, 0.05) is 23.7 Å². The van der Waals surface area contributed by atoms with E-state index in [2.05, 4.69) is 20.6 Å². The number of methoxy groups -OCH3 is 2. The van der Waals surface area contributed by atoms with Gasteiger partial charge in [-0.05, 0) is 24.3 Å². The van der Waals surface area contributed by atoms with E-state index in [9.17, 15) is 4.79 Å². The van der Waals surface area contributed by atoms with Crippen LogP contribution < -0.4 is 14.8 Å². The fourth-order valence-corrected chi connectivity index (χ4v) is 3.76. The zero-order chi connectivity index (χ0) is 20.4. The van der Waals surface area contributed by atoms with Gasteiger partial charge < -0.3 is 14.8 Å². The number of aryl methyl sites for hydroxylation is 1. The first-order chi connectivity index (χ1) is 14.1. The van der Waals surface area contributed by atoms with Gasteiger partial charge in [0.25, 0.3) is 5.91 Å². The highest BCUT2D eigenvalue weighted by atomic mass is 32.1. The number of hydrogen-bond donors (Lipinski definition) is 1. The summed E-state index contributed by atoms with van der Waals surface area (Å²) in [5.41, 5.74) is 1.97. The van der Waals surface area contributed by atoms with Crippen molar-refractivity contribution in [3.05, 3.63) is 53.9 Å². The third-order valence-electron chi connectivity index (χ3n) is 4.39. The molecule has 0 spiro atoms. The first-order valence-corrected chi connectivity index (χ1v) is 9.79. The van der Waals surface area contributed by atoms with E-state index in [-0.39, 0.29) is 5.91 Å². The number of aromatic nitrogens is 4. The van der Waals surface area contributed by atoms with Crippen LogP contribution in [0.15, 0.2) is 42.5 Å². The second kappa shape index (κ2) is 7.88. The maximum Gasteiger partial charge on any atom is 0.259 e. The van der Waals surface area contributed by atoms with Crippen LogP contribution in [0.25, 0.3) is 15.5 Å². The van der Waals surface area contributed by atoms with E-state index in [1.54, 1.807) is 29.8 Å². The molecule has 0 aliphatic carbocycles. The number of benzene rings is 2. The molecule has 0 unspecified atom stereocenters. The minimum atomic E-state index is -0.270. The molecule has 8 nitrogen and oxygen atoms in total. The standard InChI is InChI=1S/C20H19N5O3S/c1-4-17-22-23-20-25(17)24-19(29-20)12-6-5-7-13(10-12)21-18(26)15-9-8-14(27-2)11-16(15)28-3/h5-11H,4H2,1-3H3,(H,21,26). The topological polar surface area (TPSA) is 90.6 Å². The van der Waals surface area contributed by atoms with Crippen LogP contribution in [0.2, 0.25) is 0 Å². The van der Waals surface area contributed by atoms with Crippen LogP contribution in [0.5, 0.6) is 11.5 Å². The molecule has 4 rings (SSSR count). The molecule has 0 fully saturated rings. The van der Waals surface area contributed by atoms with Crippen molar-refractivity contribution in [1.82, 2.24) is 19.8 Å². The first kappa shape index (κ1) is 18.9. The second-order valence-electron chi connectivity index (χ2n) is 6.17. The van der Waals surface area contributed by atoms with Crippen LogP contribution in [-0.2, 0) is 6.42 Å². The molecule has 0 saturated carbocycles. The summed E-state index contributed by atoms with van der Waals surface area (Å²) in [6, 6.07) is 12.6. The van der Waals surface area contributed by atoms with E-state index < -0.39 is 0 Å². The molecule has 4 aromatic rings. The molecule has 2 aromatic carbocycles. The average molecular weight is 409 g/mol. The van der Waals surface area contributed by atoms with E-state index in [0.29, 0.717) is 22.7 Å². The number of anilines is 1. The predicted molar refractivity (Wildman–Crippen MR) is 111 cm³/mol. The number of ether oxygens (including phenoxy) is 2. The molecular formula is C20H19N5O3S. The van der Waals surface area contributed by atoms with Gasteiger partial charge in [0.2, 0.25) is 4.96 Å². The second-order valence-corrected chi connectivity index (χ2v) is 7.13. The molecule has 0 radical (unpaired) electrons. The van der Waals surface area contributed by atoms with E-state index in [1.165, 1.54) is 18.4 Å². The highest BCUT2D eigenvalue weighted by molar-refractivity contribution is 7.19. The third kappa shape index (κ3) is 3.64. The highest BCUT2D eigenvalue weighted by Crippen LogP contribution is 2.29. The van der Waals surface area contributed by atoms with E-state index in [1.807, 2.05) is 31.2 Å². The average Bonchev–Trinajstić information content (AvgIpc) is 3.34. The first-order valence-electron chi connectivity index (χ1n) is 8.98. The molecule has 29 heavy (non-hydrogen) atoms. The third-order valence-corrected chi connectivity index (χ3v) is 5.34. The molecule has 0 bridgehead atoms. The van der Waals surface area contributed by atoms with Crippen LogP contribution in [0.3, 0.4) is 0 Å². The summed E-state index contributed by atoms with van der Waals surface area (Å²) in [7, 11) is 3.08. The summed E-state index contributed by atoms with van der Waals surface area (Å²) in [5.74, 6) is 1.61. The maximum absolute atomic E-state index is 12.8. The largest absolute Gasteiger partial charge is 0.497 e. The normalized spacial score (nSPS) is 10.9. The number of nitrogens with zero attached hydrogens (tertiary/aromatic N) is 4. The Morgan fingerprint density at radius 2 is 2.00 bits per heavy atom. The number of carbonyl (C=O) groups excluding carboxylic acids is 1. The Morgan fingerprint density at radius 1 is 1.14 bits per heavy atom. The van der Waals surface area contributed by atoms with E-state index >= 15 is 0 Å². The minimum Gasteiger partial charge on any atom is -0.497 e. The zero-order valence-electron chi connectivity index (χ0n) is 16.2. The molecular weight excluding hydrogens is 390 g/mol. The summed E-state index contributed by atoms with van der Waals surface area (Å²) in [4.78, 5) is 13.5. The lowest BCUT2D eigenvalue weighted by molar-refractivity contribution is 0.102. The van der Waals surface area contributed by atoms with E-state index in [0.717, 1.165) is 27.8 Å². The molecule has 148 valence electrons. The van der Waals surface area contributed by atoms with Crippen molar-refractivity contribution >= 4 is 27.9 Å². The van der Waals surface area contributed by atoms with Gasteiger partial charge in [-0.1, -0.05) is 30.4 Å². The number of amides is 1. The van der Waals surface area contributed by atoms with Gasteiger partial charge >= 0.3 is 0 Å². The van der Waals surface area contributed by atoms with Crippen molar-refractivity contribution in [1.29, 1.82) is 0 Å². The molecule has 1 amide bonds. The van der Waals surface area contributed by atoms with E-state index in [4.69, 9.17) is 9.47 Å². The van der Waals surface area contributed by atoms with Gasteiger partial charge in [-0.3, -0.25) is 4.79 Å². The zero-order valence-corrected chi connectivity index (χ0v) is 17.0. The number of carbonyl (C=O) groups is 1. The van der Waals surface area contributed by atoms with Crippen LogP contribution in [0, 0.1) is 0 Å². The Labute approximate surface area is 171 Å². The lowest BCUT2D eigenvalue weighted by Gasteiger charge is -2.11. The van der Waals surface area contributed by atoms with Crippen LogP contribution in [0.4, 0.5) is 5.69 Å². The summed E-state index contributed by atoms with van der Waals surface area (Å²) < 4.78 is 12.3. The van der Waals surface area contributed by atoms with Crippen molar-refractivity contribution in [2.24, 2.45) is 0 Å². The lowest BCUT2D eigenvalue weighted by atomic mass is 10.1. The van der Waals surface area contributed by atoms with Gasteiger partial charge in [-0.25, -0.2) is 0 Å². The van der Waals surface area contributed by atoms with Crippen LogP contribution >= 0.6 is 11.3 Å². The molecule has 9 heteroatoms. The van der Waals surface area contributed by atoms with Crippen molar-refractivity contribution in [3.8, 4) is 22.1 Å². The highest BCUT2D eigenvalue weighted by Gasteiger charge is 2.15.